The molecule has 2 atom stereocenters. The standard InChI is InChI=1S/C15H25NO2/c1-4-7-16-14(10-13-6-5-8-17-13)15-9-11(2)12(3)18-15/h9,13-14,16H,4-8,10H2,1-3H3. The van der Waals surface area contributed by atoms with E-state index in [4.69, 9.17) is 9.15 Å². The highest BCUT2D eigenvalue weighted by molar-refractivity contribution is 5.21. The summed E-state index contributed by atoms with van der Waals surface area (Å²) in [5, 5.41) is 3.58. The molecular weight excluding hydrogens is 226 g/mol. The van der Waals surface area contributed by atoms with Crippen molar-refractivity contribution in [2.45, 2.75) is 58.6 Å². The summed E-state index contributed by atoms with van der Waals surface area (Å²) in [6.45, 7) is 8.26. The van der Waals surface area contributed by atoms with Gasteiger partial charge < -0.3 is 14.5 Å². The molecule has 0 amide bonds. The molecule has 1 aliphatic rings. The summed E-state index contributed by atoms with van der Waals surface area (Å²) >= 11 is 0. The van der Waals surface area contributed by atoms with Gasteiger partial charge in [-0.05, 0) is 57.7 Å². The number of nitrogens with one attached hydrogen (secondary N) is 1. The number of hydrogen-bond acceptors (Lipinski definition) is 3. The summed E-state index contributed by atoms with van der Waals surface area (Å²) in [5.74, 6) is 2.09. The first-order valence-corrected chi connectivity index (χ1v) is 7.12. The number of rotatable bonds is 6. The zero-order valence-electron chi connectivity index (χ0n) is 11.8. The largest absolute Gasteiger partial charge is 0.464 e. The molecule has 0 radical (unpaired) electrons. The van der Waals surface area contributed by atoms with Gasteiger partial charge >= 0.3 is 0 Å². The second kappa shape index (κ2) is 6.39. The van der Waals surface area contributed by atoms with Crippen LogP contribution in [0, 0.1) is 13.8 Å². The molecule has 1 aromatic rings. The van der Waals surface area contributed by atoms with Gasteiger partial charge in [0.2, 0.25) is 0 Å². The van der Waals surface area contributed by atoms with Crippen LogP contribution < -0.4 is 5.32 Å². The lowest BCUT2D eigenvalue weighted by Gasteiger charge is -2.19. The van der Waals surface area contributed by atoms with Crippen molar-refractivity contribution in [3.8, 4) is 0 Å². The van der Waals surface area contributed by atoms with Gasteiger partial charge in [-0.2, -0.15) is 0 Å². The SMILES string of the molecule is CCCNC(CC1CCCO1)c1cc(C)c(C)o1. The summed E-state index contributed by atoms with van der Waals surface area (Å²) in [6, 6.07) is 2.46. The molecule has 2 heterocycles. The van der Waals surface area contributed by atoms with Gasteiger partial charge in [0.15, 0.2) is 0 Å². The quantitative estimate of drug-likeness (QED) is 0.840. The maximum Gasteiger partial charge on any atom is 0.121 e. The van der Waals surface area contributed by atoms with Crippen LogP contribution in [0.3, 0.4) is 0 Å². The van der Waals surface area contributed by atoms with Crippen LogP contribution >= 0.6 is 0 Å². The topological polar surface area (TPSA) is 34.4 Å². The van der Waals surface area contributed by atoms with Gasteiger partial charge in [0, 0.05) is 6.61 Å². The Morgan fingerprint density at radius 1 is 1.44 bits per heavy atom. The Morgan fingerprint density at radius 2 is 2.28 bits per heavy atom. The molecule has 0 saturated carbocycles. The molecule has 1 saturated heterocycles. The zero-order valence-corrected chi connectivity index (χ0v) is 11.8. The molecule has 0 spiro atoms. The van der Waals surface area contributed by atoms with Crippen molar-refractivity contribution in [3.05, 3.63) is 23.2 Å². The fraction of sp³-hybridized carbons (Fsp3) is 0.733. The molecular formula is C15H25NO2. The van der Waals surface area contributed by atoms with Crippen LogP contribution in [0.25, 0.3) is 0 Å². The molecule has 0 aromatic carbocycles. The summed E-state index contributed by atoms with van der Waals surface area (Å²) in [7, 11) is 0. The minimum atomic E-state index is 0.292. The van der Waals surface area contributed by atoms with E-state index >= 15 is 0 Å². The predicted molar refractivity (Wildman–Crippen MR) is 72.8 cm³/mol. The average Bonchev–Trinajstić information content (AvgIpc) is 2.96. The van der Waals surface area contributed by atoms with Crippen molar-refractivity contribution in [2.24, 2.45) is 0 Å². The van der Waals surface area contributed by atoms with Crippen LogP contribution in [0.15, 0.2) is 10.5 Å². The van der Waals surface area contributed by atoms with E-state index in [1.165, 1.54) is 18.4 Å². The van der Waals surface area contributed by atoms with Crippen LogP contribution in [-0.2, 0) is 4.74 Å². The van der Waals surface area contributed by atoms with E-state index in [0.29, 0.717) is 12.1 Å². The maximum atomic E-state index is 5.87. The van der Waals surface area contributed by atoms with Crippen molar-refractivity contribution < 1.29 is 9.15 Å². The van der Waals surface area contributed by atoms with Gasteiger partial charge in [0.05, 0.1) is 12.1 Å². The highest BCUT2D eigenvalue weighted by Crippen LogP contribution is 2.27. The first kappa shape index (κ1) is 13.6. The molecule has 18 heavy (non-hydrogen) atoms. The Hall–Kier alpha value is -0.800. The zero-order chi connectivity index (χ0) is 13.0. The van der Waals surface area contributed by atoms with E-state index in [1.807, 2.05) is 6.92 Å². The molecule has 3 heteroatoms. The molecule has 0 aliphatic carbocycles. The lowest BCUT2D eigenvalue weighted by Crippen LogP contribution is -2.25. The smallest absolute Gasteiger partial charge is 0.121 e. The van der Waals surface area contributed by atoms with Crippen LogP contribution in [-0.4, -0.2) is 19.3 Å². The number of aryl methyl sites for hydroxylation is 2. The van der Waals surface area contributed by atoms with Crippen LogP contribution in [0.1, 0.15) is 55.7 Å². The van der Waals surface area contributed by atoms with Gasteiger partial charge in [-0.15, -0.1) is 0 Å². The number of hydrogen-bond donors (Lipinski definition) is 1. The molecule has 1 fully saturated rings. The fourth-order valence-corrected chi connectivity index (χ4v) is 2.49. The van der Waals surface area contributed by atoms with Crippen molar-refractivity contribution in [1.29, 1.82) is 0 Å². The maximum absolute atomic E-state index is 5.87. The van der Waals surface area contributed by atoms with Gasteiger partial charge in [-0.1, -0.05) is 6.92 Å². The van der Waals surface area contributed by atoms with Crippen molar-refractivity contribution in [1.82, 2.24) is 5.32 Å². The van der Waals surface area contributed by atoms with E-state index in [2.05, 4.69) is 25.2 Å². The van der Waals surface area contributed by atoms with E-state index in [-0.39, 0.29) is 0 Å². The third-order valence-corrected chi connectivity index (χ3v) is 3.69. The Balaban J connectivity index is 2.03. The Labute approximate surface area is 110 Å². The second-order valence-corrected chi connectivity index (χ2v) is 5.27. The van der Waals surface area contributed by atoms with E-state index in [1.54, 1.807) is 0 Å². The van der Waals surface area contributed by atoms with E-state index < -0.39 is 0 Å². The molecule has 2 rings (SSSR count). The molecule has 1 aliphatic heterocycles. The lowest BCUT2D eigenvalue weighted by molar-refractivity contribution is 0.0919. The lowest BCUT2D eigenvalue weighted by atomic mass is 10.0. The molecule has 1 N–H and O–H groups in total. The van der Waals surface area contributed by atoms with Gasteiger partial charge in [-0.25, -0.2) is 0 Å². The Kier molecular flexibility index (Phi) is 4.84. The summed E-state index contributed by atoms with van der Waals surface area (Å²) in [6.07, 6.45) is 4.93. The fourth-order valence-electron chi connectivity index (χ4n) is 2.49. The molecule has 3 nitrogen and oxygen atoms in total. The molecule has 2 unspecified atom stereocenters. The van der Waals surface area contributed by atoms with Crippen LogP contribution in [0.2, 0.25) is 0 Å². The third-order valence-electron chi connectivity index (χ3n) is 3.69. The highest BCUT2D eigenvalue weighted by atomic mass is 16.5. The van der Waals surface area contributed by atoms with Crippen LogP contribution in [0.5, 0.6) is 0 Å². The monoisotopic (exact) mass is 251 g/mol. The number of ether oxygens (including phenoxy) is 1. The predicted octanol–water partition coefficient (Wildman–Crippen LogP) is 3.51. The first-order valence-electron chi connectivity index (χ1n) is 7.12. The minimum absolute atomic E-state index is 0.292. The first-order chi connectivity index (χ1) is 8.70. The van der Waals surface area contributed by atoms with Gasteiger partial charge in [-0.3, -0.25) is 0 Å². The molecule has 0 bridgehead atoms. The number of furan rings is 1. The summed E-state index contributed by atoms with van der Waals surface area (Å²) < 4.78 is 11.6. The van der Waals surface area contributed by atoms with E-state index in [9.17, 15) is 0 Å². The van der Waals surface area contributed by atoms with E-state index in [0.717, 1.165) is 37.5 Å². The van der Waals surface area contributed by atoms with Crippen molar-refractivity contribution in [2.75, 3.05) is 13.2 Å². The van der Waals surface area contributed by atoms with Gasteiger partial charge in [0.25, 0.3) is 0 Å². The summed E-state index contributed by atoms with van der Waals surface area (Å²) in [5.41, 5.74) is 1.24. The van der Waals surface area contributed by atoms with Crippen molar-refractivity contribution >= 4 is 0 Å². The average molecular weight is 251 g/mol. The van der Waals surface area contributed by atoms with Crippen molar-refractivity contribution in [3.63, 3.8) is 0 Å². The normalized spacial score (nSPS) is 21.4. The second-order valence-electron chi connectivity index (χ2n) is 5.27. The highest BCUT2D eigenvalue weighted by Gasteiger charge is 2.24. The Morgan fingerprint density at radius 3 is 2.83 bits per heavy atom. The third kappa shape index (κ3) is 3.36. The summed E-state index contributed by atoms with van der Waals surface area (Å²) in [4.78, 5) is 0. The van der Waals surface area contributed by atoms with Gasteiger partial charge in [0.1, 0.15) is 11.5 Å². The van der Waals surface area contributed by atoms with Crippen LogP contribution in [0.4, 0.5) is 0 Å². The molecule has 102 valence electrons. The minimum Gasteiger partial charge on any atom is -0.464 e. The molecule has 1 aromatic heterocycles. The Bertz CT molecular complexity index is 347.